The van der Waals surface area contributed by atoms with Crippen LogP contribution in [0.25, 0.3) is 0 Å². The molecule has 1 saturated carbocycles. The van der Waals surface area contributed by atoms with Crippen LogP contribution in [0.15, 0.2) is 23.2 Å². The van der Waals surface area contributed by atoms with Gasteiger partial charge in [-0.3, -0.25) is 4.99 Å². The van der Waals surface area contributed by atoms with Gasteiger partial charge in [0.05, 0.1) is 12.3 Å². The Morgan fingerprint density at radius 1 is 1.30 bits per heavy atom. The van der Waals surface area contributed by atoms with E-state index in [2.05, 4.69) is 15.0 Å². The molecule has 0 atom stereocenters. The molecule has 2 rings (SSSR count). The van der Waals surface area contributed by atoms with Crippen LogP contribution in [-0.4, -0.2) is 33.2 Å². The number of aryl methyl sites for hydroxylation is 2. The van der Waals surface area contributed by atoms with Crippen LogP contribution in [0.1, 0.15) is 30.4 Å². The van der Waals surface area contributed by atoms with E-state index in [9.17, 15) is 8.42 Å². The lowest BCUT2D eigenvalue weighted by Gasteiger charge is -2.25. The molecule has 0 saturated heterocycles. The molecule has 0 unspecified atom stereocenters. The van der Waals surface area contributed by atoms with Gasteiger partial charge in [-0.15, -0.1) is 0 Å². The molecule has 1 aromatic carbocycles. The molecule has 1 aromatic rings. The lowest BCUT2D eigenvalue weighted by atomic mass is 9.86. The van der Waals surface area contributed by atoms with E-state index in [1.165, 1.54) is 12.0 Å². The zero-order valence-corrected chi connectivity index (χ0v) is 14.6. The summed E-state index contributed by atoms with van der Waals surface area (Å²) in [5.74, 6) is 0.682. The van der Waals surface area contributed by atoms with Gasteiger partial charge in [0.2, 0.25) is 10.0 Å². The molecule has 6 nitrogen and oxygen atoms in total. The third-order valence-electron chi connectivity index (χ3n) is 4.24. The first-order valence-corrected chi connectivity index (χ1v) is 9.62. The van der Waals surface area contributed by atoms with Crippen molar-refractivity contribution in [2.24, 2.45) is 16.6 Å². The SMILES string of the molecule is Cc1ccc(NC(N)=NCCS(=O)(=O)NCC2CCC2)cc1C. The van der Waals surface area contributed by atoms with Crippen molar-refractivity contribution in [2.45, 2.75) is 33.1 Å². The van der Waals surface area contributed by atoms with E-state index in [4.69, 9.17) is 5.73 Å². The lowest BCUT2D eigenvalue weighted by molar-refractivity contribution is 0.316. The first-order chi connectivity index (χ1) is 10.9. The highest BCUT2D eigenvalue weighted by atomic mass is 32.2. The Kier molecular flexibility index (Phi) is 6.01. The predicted molar refractivity (Wildman–Crippen MR) is 95.2 cm³/mol. The standard InChI is InChI=1S/C16H26N4O2S/c1-12-6-7-15(10-13(12)2)20-16(17)18-8-9-23(21,22)19-11-14-4-3-5-14/h6-7,10,14,19H,3-5,8-9,11H2,1-2H3,(H3,17,18,20). The highest BCUT2D eigenvalue weighted by Gasteiger charge is 2.19. The minimum atomic E-state index is -3.27. The Bertz CT molecular complexity index is 667. The minimum Gasteiger partial charge on any atom is -0.370 e. The van der Waals surface area contributed by atoms with E-state index in [0.717, 1.165) is 24.1 Å². The number of rotatable bonds is 7. The Hall–Kier alpha value is -1.60. The number of guanidine groups is 1. The number of nitrogens with zero attached hydrogens (tertiary/aromatic N) is 1. The van der Waals surface area contributed by atoms with Crippen molar-refractivity contribution >= 4 is 21.7 Å². The molecule has 23 heavy (non-hydrogen) atoms. The number of nitrogens with two attached hydrogens (primary N) is 1. The molecule has 0 aliphatic heterocycles. The Morgan fingerprint density at radius 3 is 2.65 bits per heavy atom. The lowest BCUT2D eigenvalue weighted by Crippen LogP contribution is -2.34. The molecule has 1 fully saturated rings. The molecule has 0 heterocycles. The second-order valence-electron chi connectivity index (χ2n) is 6.16. The van der Waals surface area contributed by atoms with Gasteiger partial charge in [0.15, 0.2) is 5.96 Å². The van der Waals surface area contributed by atoms with Gasteiger partial charge in [0, 0.05) is 12.2 Å². The van der Waals surface area contributed by atoms with Gasteiger partial charge >= 0.3 is 0 Å². The van der Waals surface area contributed by atoms with Crippen molar-refractivity contribution < 1.29 is 8.42 Å². The number of aliphatic imine (C=N–C) groups is 1. The second-order valence-corrected chi connectivity index (χ2v) is 8.08. The average Bonchev–Trinajstić information content (AvgIpc) is 2.41. The van der Waals surface area contributed by atoms with Crippen molar-refractivity contribution in [1.82, 2.24) is 4.72 Å². The molecule has 0 aromatic heterocycles. The van der Waals surface area contributed by atoms with Gasteiger partial charge in [0.1, 0.15) is 0 Å². The normalized spacial score (nSPS) is 16.2. The molecular weight excluding hydrogens is 312 g/mol. The summed E-state index contributed by atoms with van der Waals surface area (Å²) in [6.07, 6.45) is 3.44. The first-order valence-electron chi connectivity index (χ1n) is 7.97. The zero-order chi connectivity index (χ0) is 16.9. The Labute approximate surface area is 138 Å². The highest BCUT2D eigenvalue weighted by molar-refractivity contribution is 7.89. The maximum atomic E-state index is 11.9. The summed E-state index contributed by atoms with van der Waals surface area (Å²) in [5.41, 5.74) is 9.01. The summed E-state index contributed by atoms with van der Waals surface area (Å²) in [6.45, 7) is 4.75. The maximum absolute atomic E-state index is 11.9. The van der Waals surface area contributed by atoms with E-state index in [0.29, 0.717) is 12.5 Å². The van der Waals surface area contributed by atoms with Crippen LogP contribution in [0.5, 0.6) is 0 Å². The monoisotopic (exact) mass is 338 g/mol. The van der Waals surface area contributed by atoms with Gasteiger partial charge < -0.3 is 11.1 Å². The van der Waals surface area contributed by atoms with Crippen LogP contribution in [0.4, 0.5) is 5.69 Å². The number of benzene rings is 1. The van der Waals surface area contributed by atoms with Crippen LogP contribution >= 0.6 is 0 Å². The number of hydrogen-bond donors (Lipinski definition) is 3. The van der Waals surface area contributed by atoms with Gasteiger partial charge in [-0.05, 0) is 55.9 Å². The van der Waals surface area contributed by atoms with E-state index in [1.807, 2.05) is 32.0 Å². The second kappa shape index (κ2) is 7.79. The Balaban J connectivity index is 1.78. The summed E-state index contributed by atoms with van der Waals surface area (Å²) in [6, 6.07) is 5.90. The van der Waals surface area contributed by atoms with Crippen LogP contribution < -0.4 is 15.8 Å². The van der Waals surface area contributed by atoms with Crippen LogP contribution in [0.3, 0.4) is 0 Å². The van der Waals surface area contributed by atoms with Crippen LogP contribution in [-0.2, 0) is 10.0 Å². The number of nitrogens with one attached hydrogen (secondary N) is 2. The van der Waals surface area contributed by atoms with Crippen molar-refractivity contribution in [2.75, 3.05) is 24.2 Å². The fourth-order valence-corrected chi connectivity index (χ4v) is 3.27. The van der Waals surface area contributed by atoms with E-state index in [-0.39, 0.29) is 18.3 Å². The van der Waals surface area contributed by atoms with Crippen LogP contribution in [0.2, 0.25) is 0 Å². The van der Waals surface area contributed by atoms with E-state index >= 15 is 0 Å². The summed E-state index contributed by atoms with van der Waals surface area (Å²) >= 11 is 0. The van der Waals surface area contributed by atoms with Gasteiger partial charge in [0.25, 0.3) is 0 Å². The highest BCUT2D eigenvalue weighted by Crippen LogP contribution is 2.25. The summed E-state index contributed by atoms with van der Waals surface area (Å²) in [5, 5.41) is 2.98. The quantitative estimate of drug-likeness (QED) is 0.521. The third kappa shape index (κ3) is 5.84. The molecule has 4 N–H and O–H groups in total. The van der Waals surface area contributed by atoms with Gasteiger partial charge in [-0.2, -0.15) is 0 Å². The zero-order valence-electron chi connectivity index (χ0n) is 13.8. The molecule has 0 spiro atoms. The van der Waals surface area contributed by atoms with Crippen molar-refractivity contribution in [3.05, 3.63) is 29.3 Å². The number of sulfonamides is 1. The maximum Gasteiger partial charge on any atom is 0.213 e. The van der Waals surface area contributed by atoms with E-state index < -0.39 is 10.0 Å². The van der Waals surface area contributed by atoms with Crippen molar-refractivity contribution in [1.29, 1.82) is 0 Å². The fourth-order valence-electron chi connectivity index (χ4n) is 2.31. The molecule has 0 bridgehead atoms. The number of hydrogen-bond acceptors (Lipinski definition) is 3. The molecule has 1 aliphatic carbocycles. The Morgan fingerprint density at radius 2 is 2.04 bits per heavy atom. The van der Waals surface area contributed by atoms with E-state index in [1.54, 1.807) is 0 Å². The molecule has 1 aliphatic rings. The predicted octanol–water partition coefficient (Wildman–Crippen LogP) is 1.75. The first kappa shape index (κ1) is 17.7. The van der Waals surface area contributed by atoms with Crippen LogP contribution in [0, 0.1) is 19.8 Å². The summed E-state index contributed by atoms with van der Waals surface area (Å²) in [7, 11) is -3.27. The number of anilines is 1. The molecule has 0 radical (unpaired) electrons. The largest absolute Gasteiger partial charge is 0.370 e. The fraction of sp³-hybridized carbons (Fsp3) is 0.562. The minimum absolute atomic E-state index is 0.0466. The van der Waals surface area contributed by atoms with Crippen molar-refractivity contribution in [3.8, 4) is 0 Å². The topological polar surface area (TPSA) is 96.6 Å². The third-order valence-corrected chi connectivity index (χ3v) is 5.56. The van der Waals surface area contributed by atoms with Gasteiger partial charge in [-0.25, -0.2) is 13.1 Å². The molecule has 0 amide bonds. The average molecular weight is 338 g/mol. The summed E-state index contributed by atoms with van der Waals surface area (Å²) in [4.78, 5) is 4.08. The molecule has 7 heteroatoms. The van der Waals surface area contributed by atoms with Crippen molar-refractivity contribution in [3.63, 3.8) is 0 Å². The molecule has 128 valence electrons. The summed E-state index contributed by atoms with van der Waals surface area (Å²) < 4.78 is 26.4. The van der Waals surface area contributed by atoms with Gasteiger partial charge in [-0.1, -0.05) is 12.5 Å². The smallest absolute Gasteiger partial charge is 0.213 e. The molecular formula is C16H26N4O2S.